The van der Waals surface area contributed by atoms with Crippen LogP contribution in [0, 0.1) is 0 Å². The molecule has 2 rings (SSSR count). The largest absolute Gasteiger partial charge is 0.360 e. The van der Waals surface area contributed by atoms with Crippen molar-refractivity contribution in [3.05, 3.63) is 24.5 Å². The molecule has 1 aliphatic rings. The van der Waals surface area contributed by atoms with Gasteiger partial charge in [0.25, 0.3) is 0 Å². The van der Waals surface area contributed by atoms with Crippen LogP contribution in [0.2, 0.25) is 0 Å². The maximum absolute atomic E-state index is 13.0. The molecule has 0 spiro atoms. The molecule has 1 aromatic heterocycles. The molecule has 1 heterocycles. The van der Waals surface area contributed by atoms with Gasteiger partial charge in [-0.2, -0.15) is 4.31 Å². The molecule has 1 aliphatic carbocycles. The molecule has 6 nitrogen and oxygen atoms in total. The van der Waals surface area contributed by atoms with E-state index in [1.165, 1.54) is 4.31 Å². The lowest BCUT2D eigenvalue weighted by Gasteiger charge is -2.29. The summed E-state index contributed by atoms with van der Waals surface area (Å²) in [6.07, 6.45) is 12.6. The van der Waals surface area contributed by atoms with Gasteiger partial charge < -0.3 is 10.6 Å². The van der Waals surface area contributed by atoms with Gasteiger partial charge in [0.15, 0.2) is 5.11 Å². The molecule has 0 aromatic carbocycles. The van der Waals surface area contributed by atoms with Crippen molar-refractivity contribution in [2.24, 2.45) is 0 Å². The third kappa shape index (κ3) is 9.37. The highest BCUT2D eigenvalue weighted by Gasteiger charge is 2.32. The third-order valence-corrected chi connectivity index (χ3v) is 8.40. The second kappa shape index (κ2) is 14.0. The van der Waals surface area contributed by atoms with Crippen LogP contribution in [0.1, 0.15) is 71.1 Å². The van der Waals surface area contributed by atoms with Crippen LogP contribution in [0.5, 0.6) is 0 Å². The van der Waals surface area contributed by atoms with Crippen LogP contribution >= 0.6 is 12.2 Å². The molecule has 1 aromatic rings. The summed E-state index contributed by atoms with van der Waals surface area (Å²) in [4.78, 5) is 3.98. The number of halogens is 1. The summed E-state index contributed by atoms with van der Waals surface area (Å²) in [5.41, 5.74) is 0.903. The Bertz CT molecular complexity index is 743. The van der Waals surface area contributed by atoms with Crippen LogP contribution in [0.4, 0.5) is 10.1 Å². The lowest BCUT2D eigenvalue weighted by atomic mass is 10.0. The molecule has 0 aliphatic heterocycles. The van der Waals surface area contributed by atoms with Gasteiger partial charge in [0.1, 0.15) is 6.67 Å². The van der Waals surface area contributed by atoms with Crippen molar-refractivity contribution in [2.45, 2.75) is 82.4 Å². The molecular formula is C22H37FN4O2S2. The number of nitrogens with zero attached hydrogens (tertiary/aromatic N) is 2. The molecule has 1 saturated carbocycles. The van der Waals surface area contributed by atoms with E-state index in [1.54, 1.807) is 12.4 Å². The van der Waals surface area contributed by atoms with Crippen LogP contribution in [0.15, 0.2) is 24.5 Å². The quantitative estimate of drug-likeness (QED) is 0.322. The van der Waals surface area contributed by atoms with E-state index >= 15 is 0 Å². The first-order valence-corrected chi connectivity index (χ1v) is 13.4. The predicted octanol–water partition coefficient (Wildman–Crippen LogP) is 4.64. The molecule has 1 atom stereocenters. The van der Waals surface area contributed by atoms with Gasteiger partial charge in [0.05, 0.1) is 5.25 Å². The minimum absolute atomic E-state index is 0.0122. The Morgan fingerprint density at radius 3 is 2.52 bits per heavy atom. The summed E-state index contributed by atoms with van der Waals surface area (Å²) >= 11 is 5.34. The number of pyridine rings is 1. The zero-order valence-corrected chi connectivity index (χ0v) is 20.2. The average Bonchev–Trinajstić information content (AvgIpc) is 2.76. The van der Waals surface area contributed by atoms with Crippen molar-refractivity contribution in [3.63, 3.8) is 0 Å². The summed E-state index contributed by atoms with van der Waals surface area (Å²) in [7, 11) is -3.37. The Morgan fingerprint density at radius 1 is 1.16 bits per heavy atom. The molecule has 31 heavy (non-hydrogen) atoms. The van der Waals surface area contributed by atoms with Gasteiger partial charge in [0, 0.05) is 37.2 Å². The van der Waals surface area contributed by atoms with Crippen LogP contribution in [0.3, 0.4) is 0 Å². The van der Waals surface area contributed by atoms with E-state index < -0.39 is 16.7 Å². The summed E-state index contributed by atoms with van der Waals surface area (Å²) in [5, 5.41) is 6.69. The summed E-state index contributed by atoms with van der Waals surface area (Å²) in [6, 6.07) is 3.97. The highest BCUT2D eigenvalue weighted by atomic mass is 32.2. The van der Waals surface area contributed by atoms with Gasteiger partial charge in [-0.15, -0.1) is 0 Å². The number of sulfonamides is 1. The maximum atomic E-state index is 13.0. The zero-order chi connectivity index (χ0) is 22.5. The lowest BCUT2D eigenvalue weighted by molar-refractivity contribution is 0.338. The standard InChI is InChI=1S/C22H37FN4O2S2/c1-19(25-22(30)26-20-12-15-24-16-13-20)9-5-2-3-8-17-27(18-14-23)31(28,29)21-10-6-4-7-11-21/h12-13,15-16,19,21H,2-11,14,17-18H2,1H3,(H2,24,25,26,30). The van der Waals surface area contributed by atoms with Crippen molar-refractivity contribution in [1.82, 2.24) is 14.6 Å². The number of alkyl halides is 1. The molecule has 0 saturated heterocycles. The van der Waals surface area contributed by atoms with Crippen molar-refractivity contribution in [2.75, 3.05) is 25.1 Å². The number of aromatic nitrogens is 1. The highest BCUT2D eigenvalue weighted by Crippen LogP contribution is 2.26. The van der Waals surface area contributed by atoms with E-state index in [9.17, 15) is 12.8 Å². The average molecular weight is 473 g/mol. The Kier molecular flexibility index (Phi) is 11.7. The molecule has 2 N–H and O–H groups in total. The number of hydrogen-bond donors (Lipinski definition) is 2. The summed E-state index contributed by atoms with van der Waals surface area (Å²) < 4.78 is 40.1. The van der Waals surface area contributed by atoms with Gasteiger partial charge in [-0.25, -0.2) is 12.8 Å². The van der Waals surface area contributed by atoms with Gasteiger partial charge in [-0.1, -0.05) is 38.5 Å². The number of thiocarbonyl (C=S) groups is 1. The van der Waals surface area contributed by atoms with Crippen LogP contribution in [-0.4, -0.2) is 53.9 Å². The van der Waals surface area contributed by atoms with E-state index in [2.05, 4.69) is 22.5 Å². The van der Waals surface area contributed by atoms with E-state index in [0.29, 0.717) is 24.5 Å². The SMILES string of the molecule is CC(CCCCCCN(CCF)S(=O)(=O)C1CCCCC1)NC(=S)Nc1ccncc1. The zero-order valence-electron chi connectivity index (χ0n) is 18.6. The van der Waals surface area contributed by atoms with Crippen molar-refractivity contribution >= 4 is 33.0 Å². The van der Waals surface area contributed by atoms with E-state index in [4.69, 9.17) is 12.2 Å². The van der Waals surface area contributed by atoms with E-state index in [1.807, 2.05) is 12.1 Å². The van der Waals surface area contributed by atoms with Crippen molar-refractivity contribution in [3.8, 4) is 0 Å². The minimum Gasteiger partial charge on any atom is -0.360 e. The third-order valence-electron chi connectivity index (χ3n) is 5.78. The first-order valence-electron chi connectivity index (χ1n) is 11.5. The molecule has 0 amide bonds. The lowest BCUT2D eigenvalue weighted by Crippen LogP contribution is -2.41. The normalized spacial score (nSPS) is 16.2. The molecule has 1 fully saturated rings. The van der Waals surface area contributed by atoms with Gasteiger partial charge >= 0.3 is 0 Å². The molecule has 1 unspecified atom stereocenters. The van der Waals surface area contributed by atoms with Crippen molar-refractivity contribution in [1.29, 1.82) is 0 Å². The molecule has 176 valence electrons. The van der Waals surface area contributed by atoms with Gasteiger partial charge in [-0.05, 0) is 57.0 Å². The second-order valence-electron chi connectivity index (χ2n) is 8.33. The number of unbranched alkanes of at least 4 members (excludes halogenated alkanes) is 3. The molecule has 9 heteroatoms. The van der Waals surface area contributed by atoms with Crippen LogP contribution in [0.25, 0.3) is 0 Å². The first kappa shape index (κ1) is 25.9. The van der Waals surface area contributed by atoms with E-state index in [-0.39, 0.29) is 17.8 Å². The predicted molar refractivity (Wildman–Crippen MR) is 129 cm³/mol. The van der Waals surface area contributed by atoms with Crippen LogP contribution < -0.4 is 10.6 Å². The molecule has 0 radical (unpaired) electrons. The second-order valence-corrected chi connectivity index (χ2v) is 11.0. The first-order chi connectivity index (χ1) is 14.9. The Labute approximate surface area is 192 Å². The Balaban J connectivity index is 1.62. The van der Waals surface area contributed by atoms with Gasteiger partial charge in [0.2, 0.25) is 10.0 Å². The number of hydrogen-bond acceptors (Lipinski definition) is 4. The fourth-order valence-electron chi connectivity index (χ4n) is 4.02. The highest BCUT2D eigenvalue weighted by molar-refractivity contribution is 7.89. The molecular weight excluding hydrogens is 435 g/mol. The monoisotopic (exact) mass is 472 g/mol. The fourth-order valence-corrected chi connectivity index (χ4v) is 6.40. The maximum Gasteiger partial charge on any atom is 0.217 e. The van der Waals surface area contributed by atoms with Gasteiger partial charge in [-0.3, -0.25) is 4.98 Å². The Morgan fingerprint density at radius 2 is 1.84 bits per heavy atom. The number of nitrogens with one attached hydrogen (secondary N) is 2. The van der Waals surface area contributed by atoms with Crippen molar-refractivity contribution < 1.29 is 12.8 Å². The fraction of sp³-hybridized carbons (Fsp3) is 0.727. The van der Waals surface area contributed by atoms with Crippen LogP contribution in [-0.2, 0) is 10.0 Å². The molecule has 0 bridgehead atoms. The van der Waals surface area contributed by atoms with E-state index in [0.717, 1.165) is 57.1 Å². The minimum atomic E-state index is -3.37. The summed E-state index contributed by atoms with van der Waals surface area (Å²) in [6.45, 7) is 1.89. The topological polar surface area (TPSA) is 74.3 Å². The smallest absolute Gasteiger partial charge is 0.217 e. The number of anilines is 1. The summed E-state index contributed by atoms with van der Waals surface area (Å²) in [5.74, 6) is 0. The Hall–Kier alpha value is -1.32. The number of rotatable bonds is 13.